The van der Waals surface area contributed by atoms with Crippen molar-refractivity contribution in [3.63, 3.8) is 0 Å². The van der Waals surface area contributed by atoms with Crippen molar-refractivity contribution >= 4 is 21.4 Å². The zero-order valence-corrected chi connectivity index (χ0v) is 11.6. The van der Waals surface area contributed by atoms with Crippen LogP contribution in [0.25, 0.3) is 10.1 Å². The Morgan fingerprint density at radius 3 is 2.68 bits per heavy atom. The Balaban J connectivity index is 1.90. The van der Waals surface area contributed by atoms with Crippen LogP contribution in [0.4, 0.5) is 0 Å². The van der Waals surface area contributed by atoms with Crippen molar-refractivity contribution in [1.82, 2.24) is 0 Å². The van der Waals surface area contributed by atoms with Crippen molar-refractivity contribution < 1.29 is 0 Å². The molecule has 2 heteroatoms. The first-order chi connectivity index (χ1) is 9.36. The summed E-state index contributed by atoms with van der Waals surface area (Å²) in [5.41, 5.74) is 9.75. The van der Waals surface area contributed by atoms with Crippen molar-refractivity contribution in [2.75, 3.05) is 6.54 Å². The minimum atomic E-state index is 0.713. The van der Waals surface area contributed by atoms with E-state index in [-0.39, 0.29) is 0 Å². The van der Waals surface area contributed by atoms with Gasteiger partial charge < -0.3 is 5.73 Å². The van der Waals surface area contributed by atoms with E-state index in [1.807, 2.05) is 11.3 Å². The summed E-state index contributed by atoms with van der Waals surface area (Å²) in [5, 5.41) is 3.66. The summed E-state index contributed by atoms with van der Waals surface area (Å²) >= 11 is 1.83. The molecule has 19 heavy (non-hydrogen) atoms. The van der Waals surface area contributed by atoms with Gasteiger partial charge in [-0.2, -0.15) is 0 Å². The average Bonchev–Trinajstić information content (AvgIpc) is 2.83. The predicted octanol–water partition coefficient (Wildman–Crippen LogP) is 3.99. The second-order valence-corrected chi connectivity index (χ2v) is 5.70. The van der Waals surface area contributed by atoms with Crippen molar-refractivity contribution in [2.24, 2.45) is 5.73 Å². The zero-order valence-electron chi connectivity index (χ0n) is 10.8. The van der Waals surface area contributed by atoms with Crippen LogP contribution >= 0.6 is 11.3 Å². The minimum absolute atomic E-state index is 0.713. The van der Waals surface area contributed by atoms with E-state index in [1.165, 1.54) is 26.8 Å². The molecule has 2 aromatic carbocycles. The number of rotatable bonds is 4. The van der Waals surface area contributed by atoms with Gasteiger partial charge in [-0.15, -0.1) is 11.3 Å². The molecule has 0 amide bonds. The molecule has 0 aliphatic rings. The summed E-state index contributed by atoms with van der Waals surface area (Å²) in [7, 11) is 0. The van der Waals surface area contributed by atoms with Gasteiger partial charge in [0.1, 0.15) is 0 Å². The Morgan fingerprint density at radius 2 is 1.79 bits per heavy atom. The first-order valence-electron chi connectivity index (χ1n) is 6.60. The van der Waals surface area contributed by atoms with Crippen molar-refractivity contribution in [2.45, 2.75) is 12.8 Å². The summed E-state index contributed by atoms with van der Waals surface area (Å²) in [6.45, 7) is 0.713. The molecule has 1 nitrogen and oxygen atoms in total. The smallest absolute Gasteiger partial charge is 0.0345 e. The quantitative estimate of drug-likeness (QED) is 0.760. The molecule has 96 valence electrons. The average molecular weight is 267 g/mol. The number of nitrogens with two attached hydrogens (primary N) is 1. The second kappa shape index (κ2) is 5.55. The fraction of sp³-hybridized carbons (Fsp3) is 0.176. The van der Waals surface area contributed by atoms with Gasteiger partial charge in [0.15, 0.2) is 0 Å². The molecule has 0 aliphatic carbocycles. The summed E-state index contributed by atoms with van der Waals surface area (Å²) < 4.78 is 1.37. The molecule has 0 aliphatic heterocycles. The maximum Gasteiger partial charge on any atom is 0.0345 e. The first-order valence-corrected chi connectivity index (χ1v) is 7.48. The minimum Gasteiger partial charge on any atom is -0.330 e. The third kappa shape index (κ3) is 2.70. The molecule has 0 spiro atoms. The van der Waals surface area contributed by atoms with Crippen molar-refractivity contribution in [3.05, 3.63) is 70.6 Å². The van der Waals surface area contributed by atoms with E-state index < -0.39 is 0 Å². The van der Waals surface area contributed by atoms with Crippen LogP contribution in [0.3, 0.4) is 0 Å². The maximum atomic E-state index is 5.62. The molecule has 0 radical (unpaired) electrons. The molecule has 1 heterocycles. The van der Waals surface area contributed by atoms with Crippen molar-refractivity contribution in [1.29, 1.82) is 0 Å². The third-order valence-electron chi connectivity index (χ3n) is 3.38. The Kier molecular flexibility index (Phi) is 3.62. The summed E-state index contributed by atoms with van der Waals surface area (Å²) in [6.07, 6.45) is 1.96. The Labute approximate surface area is 117 Å². The molecule has 2 N–H and O–H groups in total. The Morgan fingerprint density at radius 1 is 0.947 bits per heavy atom. The van der Waals surface area contributed by atoms with Gasteiger partial charge in [-0.25, -0.2) is 0 Å². The van der Waals surface area contributed by atoms with Gasteiger partial charge in [0, 0.05) is 4.70 Å². The van der Waals surface area contributed by atoms with Crippen LogP contribution in [-0.4, -0.2) is 6.54 Å². The number of hydrogen-bond acceptors (Lipinski definition) is 2. The summed E-state index contributed by atoms with van der Waals surface area (Å²) in [6, 6.07) is 17.4. The van der Waals surface area contributed by atoms with Gasteiger partial charge in [-0.3, -0.25) is 0 Å². The highest BCUT2D eigenvalue weighted by Crippen LogP contribution is 2.27. The fourth-order valence-electron chi connectivity index (χ4n) is 2.45. The molecule has 0 saturated carbocycles. The van der Waals surface area contributed by atoms with Gasteiger partial charge >= 0.3 is 0 Å². The molecule has 3 rings (SSSR count). The fourth-order valence-corrected chi connectivity index (χ4v) is 3.41. The molecule has 0 saturated heterocycles. The van der Waals surface area contributed by atoms with Crippen LogP contribution in [0, 0.1) is 0 Å². The van der Waals surface area contributed by atoms with E-state index in [0.717, 1.165) is 12.8 Å². The highest BCUT2D eigenvalue weighted by Gasteiger charge is 2.04. The Bertz CT molecular complexity index is 684. The van der Waals surface area contributed by atoms with Crippen LogP contribution in [-0.2, 0) is 12.8 Å². The van der Waals surface area contributed by atoms with Crippen LogP contribution in [0.5, 0.6) is 0 Å². The SMILES string of the molecule is NCCc1cccc(Cc2csc3ccccc23)c1. The molecule has 0 atom stereocenters. The van der Waals surface area contributed by atoms with E-state index in [2.05, 4.69) is 53.9 Å². The van der Waals surface area contributed by atoms with Gasteiger partial charge in [0.2, 0.25) is 0 Å². The van der Waals surface area contributed by atoms with Gasteiger partial charge in [0.05, 0.1) is 0 Å². The van der Waals surface area contributed by atoms with Crippen LogP contribution in [0.2, 0.25) is 0 Å². The third-order valence-corrected chi connectivity index (χ3v) is 4.39. The number of fused-ring (bicyclic) bond motifs is 1. The topological polar surface area (TPSA) is 26.0 Å². The molecular weight excluding hydrogens is 250 g/mol. The second-order valence-electron chi connectivity index (χ2n) is 4.79. The predicted molar refractivity (Wildman–Crippen MR) is 83.8 cm³/mol. The van der Waals surface area contributed by atoms with Crippen LogP contribution in [0.15, 0.2) is 53.9 Å². The normalized spacial score (nSPS) is 11.0. The number of benzene rings is 2. The zero-order chi connectivity index (χ0) is 13.1. The Hall–Kier alpha value is -1.64. The van der Waals surface area contributed by atoms with Crippen LogP contribution < -0.4 is 5.73 Å². The summed E-state index contributed by atoms with van der Waals surface area (Å²) in [4.78, 5) is 0. The largest absolute Gasteiger partial charge is 0.330 e. The molecule has 1 aromatic heterocycles. The lowest BCUT2D eigenvalue weighted by atomic mass is 10.0. The van der Waals surface area contributed by atoms with E-state index >= 15 is 0 Å². The van der Waals surface area contributed by atoms with Crippen LogP contribution in [0.1, 0.15) is 16.7 Å². The number of thiophene rings is 1. The highest BCUT2D eigenvalue weighted by atomic mass is 32.1. The van der Waals surface area contributed by atoms with E-state index in [0.29, 0.717) is 6.54 Å². The maximum absolute atomic E-state index is 5.62. The van der Waals surface area contributed by atoms with E-state index in [4.69, 9.17) is 5.73 Å². The van der Waals surface area contributed by atoms with Gasteiger partial charge in [0.25, 0.3) is 0 Å². The molecular formula is C17H17NS. The monoisotopic (exact) mass is 267 g/mol. The van der Waals surface area contributed by atoms with E-state index in [9.17, 15) is 0 Å². The highest BCUT2D eigenvalue weighted by molar-refractivity contribution is 7.17. The standard InChI is InChI=1S/C17H17NS/c18-9-8-13-4-3-5-14(10-13)11-15-12-19-17-7-2-1-6-16(15)17/h1-7,10,12H,8-9,11,18H2. The first kappa shape index (κ1) is 12.4. The van der Waals surface area contributed by atoms with Crippen molar-refractivity contribution in [3.8, 4) is 0 Å². The lowest BCUT2D eigenvalue weighted by Crippen LogP contribution is -2.02. The van der Waals surface area contributed by atoms with E-state index in [1.54, 1.807) is 0 Å². The molecule has 0 unspecified atom stereocenters. The van der Waals surface area contributed by atoms with Gasteiger partial charge in [-0.1, -0.05) is 42.5 Å². The molecule has 3 aromatic rings. The van der Waals surface area contributed by atoms with Gasteiger partial charge in [-0.05, 0) is 52.9 Å². The lowest BCUT2D eigenvalue weighted by molar-refractivity contribution is 0.964. The molecule has 0 fully saturated rings. The summed E-state index contributed by atoms with van der Waals surface area (Å²) in [5.74, 6) is 0. The molecule has 0 bridgehead atoms. The number of hydrogen-bond donors (Lipinski definition) is 1. The lowest BCUT2D eigenvalue weighted by Gasteiger charge is -2.04.